The Morgan fingerprint density at radius 3 is 3.00 bits per heavy atom. The number of hydrogen-bond donors (Lipinski definition) is 2. The number of anilines is 1. The van der Waals surface area contributed by atoms with Gasteiger partial charge in [-0.3, -0.25) is 0 Å². The van der Waals surface area contributed by atoms with Gasteiger partial charge in [-0.25, -0.2) is 9.35 Å². The van der Waals surface area contributed by atoms with E-state index in [1.54, 1.807) is 6.07 Å². The van der Waals surface area contributed by atoms with Crippen LogP contribution in [0.15, 0.2) is 21.5 Å². The Morgan fingerprint density at radius 2 is 2.31 bits per heavy atom. The van der Waals surface area contributed by atoms with E-state index in [1.165, 1.54) is 5.56 Å². The van der Waals surface area contributed by atoms with E-state index in [0.29, 0.717) is 4.90 Å². The van der Waals surface area contributed by atoms with Crippen LogP contribution in [0.5, 0.6) is 0 Å². The Hall–Kier alpha value is -0.390. The summed E-state index contributed by atoms with van der Waals surface area (Å²) in [6.07, 6.45) is 0.971. The maximum atomic E-state index is 11.0. The van der Waals surface area contributed by atoms with Crippen LogP contribution in [-0.4, -0.2) is 10.8 Å². The highest BCUT2D eigenvalue weighted by atomic mass is 79.9. The average molecular weight is 261 g/mol. The summed E-state index contributed by atoms with van der Waals surface area (Å²) in [6, 6.07) is 3.70. The molecule has 1 unspecified atom stereocenters. The highest BCUT2D eigenvalue weighted by Crippen LogP contribution is 2.32. The zero-order valence-electron chi connectivity index (χ0n) is 6.84. The summed E-state index contributed by atoms with van der Waals surface area (Å²) in [6.45, 7) is 0.939. The van der Waals surface area contributed by atoms with Gasteiger partial charge in [-0.15, -0.1) is 0 Å². The second kappa shape index (κ2) is 3.40. The van der Waals surface area contributed by atoms with Gasteiger partial charge in [0.2, 0.25) is 0 Å². The van der Waals surface area contributed by atoms with E-state index >= 15 is 0 Å². The van der Waals surface area contributed by atoms with E-state index in [4.69, 9.17) is 5.14 Å². The summed E-state index contributed by atoms with van der Waals surface area (Å²) in [5.41, 5.74) is 2.29. The molecule has 2 rings (SSSR count). The summed E-state index contributed by atoms with van der Waals surface area (Å²) in [5, 5.41) is 8.56. The Balaban J connectivity index is 2.55. The lowest BCUT2D eigenvalue weighted by Crippen LogP contribution is -2.03. The summed E-state index contributed by atoms with van der Waals surface area (Å²) in [7, 11) is -1.39. The minimum atomic E-state index is -1.39. The van der Waals surface area contributed by atoms with E-state index < -0.39 is 11.0 Å². The van der Waals surface area contributed by atoms with Gasteiger partial charge in [-0.2, -0.15) is 0 Å². The third-order valence-electron chi connectivity index (χ3n) is 2.07. The first-order chi connectivity index (χ1) is 6.18. The topological polar surface area (TPSA) is 55.1 Å². The molecule has 1 aromatic rings. The molecule has 0 radical (unpaired) electrons. The molecule has 1 aromatic carbocycles. The van der Waals surface area contributed by atoms with Crippen molar-refractivity contribution in [2.75, 3.05) is 11.9 Å². The van der Waals surface area contributed by atoms with Gasteiger partial charge in [0.05, 0.1) is 10.6 Å². The summed E-state index contributed by atoms with van der Waals surface area (Å²) >= 11 is 3.41. The largest absolute Gasteiger partial charge is 0.384 e. The molecule has 3 N–H and O–H groups in total. The van der Waals surface area contributed by atoms with Crippen LogP contribution in [-0.2, 0) is 17.4 Å². The first-order valence-electron chi connectivity index (χ1n) is 3.91. The number of benzene rings is 1. The van der Waals surface area contributed by atoms with Gasteiger partial charge in [0.15, 0.2) is 0 Å². The maximum Gasteiger partial charge on any atom is 0.122 e. The summed E-state index contributed by atoms with van der Waals surface area (Å²) in [4.78, 5) is 0.675. The van der Waals surface area contributed by atoms with Crippen molar-refractivity contribution in [2.24, 2.45) is 5.14 Å². The SMILES string of the molecule is NS(=O)c1cc(Br)c2c(c1)CCN2. The van der Waals surface area contributed by atoms with E-state index in [0.717, 1.165) is 23.1 Å². The van der Waals surface area contributed by atoms with Crippen LogP contribution in [0.1, 0.15) is 5.56 Å². The van der Waals surface area contributed by atoms with Crippen molar-refractivity contribution in [3.05, 3.63) is 22.2 Å². The van der Waals surface area contributed by atoms with Crippen molar-refractivity contribution in [1.82, 2.24) is 0 Å². The van der Waals surface area contributed by atoms with Crippen molar-refractivity contribution < 1.29 is 4.21 Å². The van der Waals surface area contributed by atoms with Crippen LogP contribution in [0.3, 0.4) is 0 Å². The molecule has 0 spiro atoms. The van der Waals surface area contributed by atoms with E-state index in [-0.39, 0.29) is 0 Å². The van der Waals surface area contributed by atoms with Gasteiger partial charge in [0.1, 0.15) is 11.0 Å². The molecule has 1 heterocycles. The van der Waals surface area contributed by atoms with Gasteiger partial charge in [0, 0.05) is 11.0 Å². The average Bonchev–Trinajstić information content (AvgIpc) is 2.51. The van der Waals surface area contributed by atoms with E-state index in [9.17, 15) is 4.21 Å². The molecule has 0 amide bonds. The fourth-order valence-electron chi connectivity index (χ4n) is 1.47. The molecule has 0 saturated carbocycles. The van der Waals surface area contributed by atoms with Gasteiger partial charge in [-0.05, 0) is 40.0 Å². The maximum absolute atomic E-state index is 11.0. The first-order valence-corrected chi connectivity index (χ1v) is 5.91. The molecule has 3 nitrogen and oxygen atoms in total. The van der Waals surface area contributed by atoms with Crippen LogP contribution in [0.2, 0.25) is 0 Å². The summed E-state index contributed by atoms with van der Waals surface area (Å²) in [5.74, 6) is 0. The molecule has 0 aliphatic carbocycles. The summed E-state index contributed by atoms with van der Waals surface area (Å²) < 4.78 is 12.0. The number of nitrogens with two attached hydrogens (primary N) is 1. The van der Waals surface area contributed by atoms with Gasteiger partial charge in [-0.1, -0.05) is 0 Å². The molecule has 5 heteroatoms. The molecule has 1 aliphatic heterocycles. The highest BCUT2D eigenvalue weighted by molar-refractivity contribution is 9.10. The Morgan fingerprint density at radius 1 is 1.54 bits per heavy atom. The van der Waals surface area contributed by atoms with Gasteiger partial charge >= 0.3 is 0 Å². The van der Waals surface area contributed by atoms with Crippen molar-refractivity contribution in [3.63, 3.8) is 0 Å². The normalized spacial score (nSPS) is 16.5. The molecule has 1 atom stereocenters. The van der Waals surface area contributed by atoms with Crippen LogP contribution >= 0.6 is 15.9 Å². The van der Waals surface area contributed by atoms with Crippen molar-refractivity contribution >= 4 is 32.6 Å². The van der Waals surface area contributed by atoms with Gasteiger partial charge in [0.25, 0.3) is 0 Å². The predicted octanol–water partition coefficient (Wildman–Crippen LogP) is 1.40. The quantitative estimate of drug-likeness (QED) is 0.802. The van der Waals surface area contributed by atoms with Crippen molar-refractivity contribution in [1.29, 1.82) is 0 Å². The molecule has 0 aromatic heterocycles. The zero-order chi connectivity index (χ0) is 9.42. The minimum absolute atomic E-state index is 0.675. The number of halogens is 1. The number of hydrogen-bond acceptors (Lipinski definition) is 2. The standard InChI is InChI=1S/C8H9BrN2OS/c9-7-4-6(13(10)12)3-5-1-2-11-8(5)7/h3-4,11H,1-2,10H2. The molecule has 70 valence electrons. The van der Waals surface area contributed by atoms with Crippen molar-refractivity contribution in [2.45, 2.75) is 11.3 Å². The molecule has 0 saturated heterocycles. The fourth-order valence-corrected chi connectivity index (χ4v) is 2.75. The highest BCUT2D eigenvalue weighted by Gasteiger charge is 2.15. The monoisotopic (exact) mass is 260 g/mol. The van der Waals surface area contributed by atoms with Gasteiger partial charge < -0.3 is 5.32 Å². The third kappa shape index (κ3) is 1.63. The Bertz CT molecular complexity index is 381. The molecular weight excluding hydrogens is 252 g/mol. The van der Waals surface area contributed by atoms with E-state index in [1.807, 2.05) is 6.07 Å². The van der Waals surface area contributed by atoms with Crippen LogP contribution in [0.25, 0.3) is 0 Å². The lowest BCUT2D eigenvalue weighted by Gasteiger charge is -2.04. The van der Waals surface area contributed by atoms with E-state index in [2.05, 4.69) is 21.2 Å². The van der Waals surface area contributed by atoms with Crippen molar-refractivity contribution in [3.8, 4) is 0 Å². The smallest absolute Gasteiger partial charge is 0.122 e. The minimum Gasteiger partial charge on any atom is -0.384 e. The molecular formula is C8H9BrN2OS. The Labute approximate surface area is 87.4 Å². The Kier molecular flexibility index (Phi) is 2.40. The molecule has 1 aliphatic rings. The number of rotatable bonds is 1. The second-order valence-electron chi connectivity index (χ2n) is 2.91. The number of fused-ring (bicyclic) bond motifs is 1. The van der Waals surface area contributed by atoms with Crippen LogP contribution in [0, 0.1) is 0 Å². The van der Waals surface area contributed by atoms with Crippen LogP contribution < -0.4 is 10.5 Å². The zero-order valence-corrected chi connectivity index (χ0v) is 9.24. The molecule has 0 fully saturated rings. The predicted molar refractivity (Wildman–Crippen MR) is 56.9 cm³/mol. The lowest BCUT2D eigenvalue weighted by molar-refractivity contribution is 0.684. The number of nitrogens with one attached hydrogen (secondary N) is 1. The molecule has 13 heavy (non-hydrogen) atoms. The third-order valence-corrected chi connectivity index (χ3v) is 3.40. The lowest BCUT2D eigenvalue weighted by atomic mass is 10.2. The fraction of sp³-hybridized carbons (Fsp3) is 0.250. The first kappa shape index (κ1) is 9.18. The second-order valence-corrected chi connectivity index (χ2v) is 4.83. The molecule has 0 bridgehead atoms. The van der Waals surface area contributed by atoms with Crippen LogP contribution in [0.4, 0.5) is 5.69 Å².